The van der Waals surface area contributed by atoms with Crippen LogP contribution in [0.5, 0.6) is 0 Å². The minimum Gasteiger partial charge on any atom is -0.462 e. The van der Waals surface area contributed by atoms with E-state index in [-0.39, 0.29) is 25.2 Å². The van der Waals surface area contributed by atoms with E-state index >= 15 is 0 Å². The predicted octanol–water partition coefficient (Wildman–Crippen LogP) is 21.2. The average Bonchev–Trinajstić information content (AvgIpc) is 3.36. The van der Waals surface area contributed by atoms with E-state index in [1.807, 2.05) is 0 Å². The molecule has 0 aliphatic rings. The Bertz CT molecular complexity index is 1200. The van der Waals surface area contributed by atoms with Gasteiger partial charge in [0.1, 0.15) is 6.61 Å². The molecule has 0 saturated heterocycles. The van der Waals surface area contributed by atoms with Gasteiger partial charge in [0, 0.05) is 19.4 Å². The highest BCUT2D eigenvalue weighted by Crippen LogP contribution is 2.16. The monoisotopic (exact) mass is 979 g/mol. The van der Waals surface area contributed by atoms with Crippen molar-refractivity contribution >= 4 is 11.9 Å². The van der Waals surface area contributed by atoms with Crippen molar-refractivity contribution in [3.05, 3.63) is 60.8 Å². The Morgan fingerprint density at radius 1 is 0.314 bits per heavy atom. The summed E-state index contributed by atoms with van der Waals surface area (Å²) >= 11 is 0. The predicted molar refractivity (Wildman–Crippen MR) is 307 cm³/mol. The van der Waals surface area contributed by atoms with Crippen molar-refractivity contribution in [3.63, 3.8) is 0 Å². The standard InChI is InChI=1S/C65H118O5/c1-4-7-10-13-16-19-22-25-28-31-33-35-37-40-43-46-49-52-55-58-64(66)69-62-63(61-68-60-57-54-51-48-45-42-39-36-32-29-26-23-20-17-14-11-8-5-2)70-65(67)59-56-53-50-47-44-41-38-34-30-27-24-21-18-15-12-9-6-3/h16,18-19,21,25-30,63H,4-15,17,20,22-24,31-62H2,1-3H3/b19-16-,21-18-,28-25-,29-26-,30-27-. The summed E-state index contributed by atoms with van der Waals surface area (Å²) in [5.74, 6) is -0.399. The number of unbranched alkanes of at least 4 members (excludes halogenated alkanes) is 36. The number of rotatable bonds is 57. The van der Waals surface area contributed by atoms with Gasteiger partial charge in [0.15, 0.2) is 6.10 Å². The summed E-state index contributed by atoms with van der Waals surface area (Å²) in [5, 5.41) is 0. The highest BCUT2D eigenvalue weighted by atomic mass is 16.6. The summed E-state index contributed by atoms with van der Waals surface area (Å²) in [6.45, 7) is 7.80. The summed E-state index contributed by atoms with van der Waals surface area (Å²) < 4.78 is 17.5. The van der Waals surface area contributed by atoms with Gasteiger partial charge >= 0.3 is 11.9 Å². The lowest BCUT2D eigenvalue weighted by Crippen LogP contribution is -2.30. The zero-order valence-electron chi connectivity index (χ0n) is 47.0. The third-order valence-electron chi connectivity index (χ3n) is 13.5. The minimum atomic E-state index is -0.545. The molecule has 0 aromatic rings. The van der Waals surface area contributed by atoms with E-state index in [4.69, 9.17) is 14.2 Å². The third kappa shape index (κ3) is 58.2. The summed E-state index contributed by atoms with van der Waals surface area (Å²) in [7, 11) is 0. The fourth-order valence-corrected chi connectivity index (χ4v) is 8.86. The maximum absolute atomic E-state index is 12.9. The number of carbonyl (C=O) groups is 2. The zero-order chi connectivity index (χ0) is 50.6. The van der Waals surface area contributed by atoms with Gasteiger partial charge in [-0.25, -0.2) is 0 Å². The average molecular weight is 980 g/mol. The molecule has 1 unspecified atom stereocenters. The largest absolute Gasteiger partial charge is 0.462 e. The molecular formula is C65H118O5. The van der Waals surface area contributed by atoms with E-state index < -0.39 is 6.10 Å². The van der Waals surface area contributed by atoms with Crippen LogP contribution < -0.4 is 0 Å². The summed E-state index contributed by atoms with van der Waals surface area (Å²) in [5.41, 5.74) is 0. The zero-order valence-corrected chi connectivity index (χ0v) is 47.0. The van der Waals surface area contributed by atoms with Crippen molar-refractivity contribution in [3.8, 4) is 0 Å². The summed E-state index contributed by atoms with van der Waals surface area (Å²) in [4.78, 5) is 25.6. The first-order chi connectivity index (χ1) is 34.6. The number of hydrogen-bond donors (Lipinski definition) is 0. The highest BCUT2D eigenvalue weighted by molar-refractivity contribution is 5.70. The normalized spacial score (nSPS) is 12.6. The molecule has 0 N–H and O–H groups in total. The Kier molecular flexibility index (Phi) is 58.8. The van der Waals surface area contributed by atoms with E-state index in [9.17, 15) is 9.59 Å². The van der Waals surface area contributed by atoms with Crippen molar-refractivity contribution in [1.29, 1.82) is 0 Å². The van der Waals surface area contributed by atoms with Gasteiger partial charge in [-0.2, -0.15) is 0 Å². The topological polar surface area (TPSA) is 61.8 Å². The number of allylic oxidation sites excluding steroid dienone is 10. The molecule has 0 bridgehead atoms. The fraction of sp³-hybridized carbons (Fsp3) is 0.815. The second kappa shape index (κ2) is 60.9. The first-order valence-electron chi connectivity index (χ1n) is 30.8. The molecule has 0 rings (SSSR count). The van der Waals surface area contributed by atoms with Crippen molar-refractivity contribution in [1.82, 2.24) is 0 Å². The molecule has 0 aliphatic carbocycles. The Hall–Kier alpha value is -2.40. The molecule has 0 spiro atoms. The molecule has 0 fully saturated rings. The van der Waals surface area contributed by atoms with Crippen molar-refractivity contribution in [2.75, 3.05) is 19.8 Å². The molecule has 408 valence electrons. The van der Waals surface area contributed by atoms with Crippen LogP contribution in [0.3, 0.4) is 0 Å². The van der Waals surface area contributed by atoms with Crippen LogP contribution in [0.25, 0.3) is 0 Å². The lowest BCUT2D eigenvalue weighted by atomic mass is 10.1. The molecule has 0 aromatic heterocycles. The molecule has 0 amide bonds. The first kappa shape index (κ1) is 67.6. The van der Waals surface area contributed by atoms with Crippen molar-refractivity contribution in [2.24, 2.45) is 0 Å². The van der Waals surface area contributed by atoms with E-state index in [1.165, 1.54) is 225 Å². The van der Waals surface area contributed by atoms with Crippen LogP contribution >= 0.6 is 0 Å². The van der Waals surface area contributed by atoms with Crippen LogP contribution in [0.4, 0.5) is 0 Å². The molecular weight excluding hydrogens is 861 g/mol. The molecule has 5 heteroatoms. The minimum absolute atomic E-state index is 0.0798. The quantitative estimate of drug-likeness (QED) is 0.0345. The first-order valence-corrected chi connectivity index (χ1v) is 30.8. The van der Waals surface area contributed by atoms with E-state index in [2.05, 4.69) is 81.5 Å². The number of ether oxygens (including phenoxy) is 3. The molecule has 0 heterocycles. The van der Waals surface area contributed by atoms with E-state index in [1.54, 1.807) is 0 Å². The SMILES string of the molecule is CCCCC/C=C\C/C=C\CCCCCCCCCCCC(=O)OCC(COCCCCCCCCCC/C=C\CCCCCCCC)OC(=O)CCCCCCCCC/C=C\C/C=C\CCCCC. The van der Waals surface area contributed by atoms with Gasteiger partial charge in [-0.15, -0.1) is 0 Å². The van der Waals surface area contributed by atoms with Gasteiger partial charge in [-0.3, -0.25) is 9.59 Å². The van der Waals surface area contributed by atoms with E-state index in [0.29, 0.717) is 19.4 Å². The number of hydrogen-bond acceptors (Lipinski definition) is 5. The van der Waals surface area contributed by atoms with Gasteiger partial charge in [-0.05, 0) is 109 Å². The molecule has 0 saturated carbocycles. The third-order valence-corrected chi connectivity index (χ3v) is 13.5. The molecule has 0 aliphatic heterocycles. The van der Waals surface area contributed by atoms with Crippen LogP contribution in [0, 0.1) is 0 Å². The number of esters is 2. The van der Waals surface area contributed by atoms with Crippen LogP contribution in [0.2, 0.25) is 0 Å². The summed E-state index contributed by atoms with van der Waals surface area (Å²) in [6.07, 6.45) is 78.1. The Morgan fingerprint density at radius 2 is 0.600 bits per heavy atom. The highest BCUT2D eigenvalue weighted by Gasteiger charge is 2.17. The van der Waals surface area contributed by atoms with Crippen LogP contribution in [-0.4, -0.2) is 37.9 Å². The maximum atomic E-state index is 12.9. The van der Waals surface area contributed by atoms with Crippen LogP contribution in [0.1, 0.15) is 316 Å². The summed E-state index contributed by atoms with van der Waals surface area (Å²) in [6, 6.07) is 0. The molecule has 70 heavy (non-hydrogen) atoms. The molecule has 1 atom stereocenters. The maximum Gasteiger partial charge on any atom is 0.306 e. The van der Waals surface area contributed by atoms with Crippen LogP contribution in [-0.2, 0) is 23.8 Å². The fourth-order valence-electron chi connectivity index (χ4n) is 8.86. The lowest BCUT2D eigenvalue weighted by Gasteiger charge is -2.18. The van der Waals surface area contributed by atoms with Crippen LogP contribution in [0.15, 0.2) is 60.8 Å². The molecule has 0 radical (unpaired) electrons. The number of carbonyl (C=O) groups excluding carboxylic acids is 2. The lowest BCUT2D eigenvalue weighted by molar-refractivity contribution is -0.163. The van der Waals surface area contributed by atoms with Gasteiger partial charge < -0.3 is 14.2 Å². The second-order valence-corrected chi connectivity index (χ2v) is 20.6. The molecule has 0 aromatic carbocycles. The van der Waals surface area contributed by atoms with Gasteiger partial charge in [0.2, 0.25) is 0 Å². The van der Waals surface area contributed by atoms with E-state index in [0.717, 1.165) is 57.8 Å². The Balaban J connectivity index is 4.28. The van der Waals surface area contributed by atoms with Gasteiger partial charge in [0.05, 0.1) is 6.61 Å². The van der Waals surface area contributed by atoms with Gasteiger partial charge in [0.25, 0.3) is 0 Å². The second-order valence-electron chi connectivity index (χ2n) is 20.6. The van der Waals surface area contributed by atoms with Gasteiger partial charge in [-0.1, -0.05) is 255 Å². The molecule has 5 nitrogen and oxygen atoms in total. The van der Waals surface area contributed by atoms with Crippen molar-refractivity contribution < 1.29 is 23.8 Å². The smallest absolute Gasteiger partial charge is 0.306 e. The van der Waals surface area contributed by atoms with Crippen molar-refractivity contribution in [2.45, 2.75) is 322 Å². The Labute approximate surface area is 436 Å². The Morgan fingerprint density at radius 3 is 0.986 bits per heavy atom.